The number of hydrogen-bond donors (Lipinski definition) is 0. The molecule has 0 N–H and O–H groups in total. The number of morpholine rings is 1. The van der Waals surface area contributed by atoms with E-state index in [1.54, 1.807) is 11.8 Å². The Morgan fingerprint density at radius 3 is 2.76 bits per heavy atom. The van der Waals surface area contributed by atoms with Crippen LogP contribution in [0, 0.1) is 6.92 Å². The summed E-state index contributed by atoms with van der Waals surface area (Å²) in [7, 11) is 0. The van der Waals surface area contributed by atoms with Crippen LogP contribution in [-0.2, 0) is 9.47 Å². The van der Waals surface area contributed by atoms with Gasteiger partial charge < -0.3 is 14.4 Å². The monoisotopic (exact) mass is 362 g/mol. The predicted molar refractivity (Wildman–Crippen MR) is 101 cm³/mol. The molecule has 1 aliphatic rings. The molecule has 0 amide bonds. The standard InChI is InChI=1S/C18H26N4O2S/c1-14(2)24-11-12-25-18-20-19-17(21-7-9-23-10-8-21)22(18)16-6-4-5-15(3)13-16/h4-6,13-14H,7-12H2,1-3H3. The van der Waals surface area contributed by atoms with Crippen molar-refractivity contribution in [3.63, 3.8) is 0 Å². The fraction of sp³-hybridized carbons (Fsp3) is 0.556. The third kappa shape index (κ3) is 4.74. The fourth-order valence-electron chi connectivity index (χ4n) is 2.73. The molecule has 2 heterocycles. The molecule has 7 heteroatoms. The van der Waals surface area contributed by atoms with E-state index in [1.165, 1.54) is 5.56 Å². The molecule has 0 bridgehead atoms. The van der Waals surface area contributed by atoms with Gasteiger partial charge in [0.25, 0.3) is 0 Å². The Labute approximate surface area is 153 Å². The van der Waals surface area contributed by atoms with Gasteiger partial charge in [-0.2, -0.15) is 0 Å². The van der Waals surface area contributed by atoms with E-state index >= 15 is 0 Å². The molecule has 0 spiro atoms. The third-order valence-corrected chi connectivity index (χ3v) is 4.83. The largest absolute Gasteiger partial charge is 0.378 e. The zero-order valence-electron chi connectivity index (χ0n) is 15.1. The molecule has 6 nitrogen and oxygen atoms in total. The second kappa shape index (κ2) is 8.69. The van der Waals surface area contributed by atoms with Crippen LogP contribution in [-0.4, -0.2) is 59.5 Å². The number of nitrogens with zero attached hydrogens (tertiary/aromatic N) is 4. The summed E-state index contributed by atoms with van der Waals surface area (Å²) in [4.78, 5) is 2.24. The third-order valence-electron chi connectivity index (χ3n) is 3.94. The van der Waals surface area contributed by atoms with Gasteiger partial charge in [0.15, 0.2) is 5.16 Å². The Balaban J connectivity index is 1.85. The molecule has 0 aliphatic carbocycles. The molecule has 0 atom stereocenters. The van der Waals surface area contributed by atoms with Crippen LogP contribution >= 0.6 is 11.8 Å². The Morgan fingerprint density at radius 2 is 2.04 bits per heavy atom. The van der Waals surface area contributed by atoms with Crippen molar-refractivity contribution in [2.45, 2.75) is 32.0 Å². The minimum absolute atomic E-state index is 0.249. The van der Waals surface area contributed by atoms with Crippen LogP contribution < -0.4 is 4.90 Å². The lowest BCUT2D eigenvalue weighted by atomic mass is 10.2. The Bertz CT molecular complexity index is 683. The summed E-state index contributed by atoms with van der Waals surface area (Å²) in [6, 6.07) is 8.45. The summed E-state index contributed by atoms with van der Waals surface area (Å²) >= 11 is 1.68. The van der Waals surface area contributed by atoms with E-state index in [4.69, 9.17) is 9.47 Å². The van der Waals surface area contributed by atoms with Crippen molar-refractivity contribution < 1.29 is 9.47 Å². The highest BCUT2D eigenvalue weighted by atomic mass is 32.2. The molecule has 0 saturated carbocycles. The summed E-state index contributed by atoms with van der Waals surface area (Å²) in [5.74, 6) is 1.74. The molecule has 3 rings (SSSR count). The number of ether oxygens (including phenoxy) is 2. The number of aromatic nitrogens is 3. The molecular formula is C18H26N4O2S. The van der Waals surface area contributed by atoms with Crippen LogP contribution in [0.2, 0.25) is 0 Å². The molecule has 0 radical (unpaired) electrons. The van der Waals surface area contributed by atoms with E-state index < -0.39 is 0 Å². The molecule has 1 saturated heterocycles. The maximum atomic E-state index is 5.65. The highest BCUT2D eigenvalue weighted by Crippen LogP contribution is 2.27. The first-order valence-corrected chi connectivity index (χ1v) is 9.73. The topological polar surface area (TPSA) is 52.4 Å². The van der Waals surface area contributed by atoms with Crippen molar-refractivity contribution in [1.82, 2.24) is 14.8 Å². The van der Waals surface area contributed by atoms with Crippen molar-refractivity contribution in [2.24, 2.45) is 0 Å². The molecular weight excluding hydrogens is 336 g/mol. The molecule has 1 aromatic carbocycles. The van der Waals surface area contributed by atoms with E-state index in [0.29, 0.717) is 6.61 Å². The van der Waals surface area contributed by atoms with Gasteiger partial charge >= 0.3 is 0 Å². The van der Waals surface area contributed by atoms with Crippen molar-refractivity contribution in [3.8, 4) is 5.69 Å². The Morgan fingerprint density at radius 1 is 1.24 bits per heavy atom. The smallest absolute Gasteiger partial charge is 0.232 e. The van der Waals surface area contributed by atoms with Crippen LogP contribution in [0.15, 0.2) is 29.4 Å². The molecule has 1 fully saturated rings. The van der Waals surface area contributed by atoms with Gasteiger partial charge in [-0.15, -0.1) is 10.2 Å². The van der Waals surface area contributed by atoms with E-state index in [9.17, 15) is 0 Å². The maximum Gasteiger partial charge on any atom is 0.232 e. The van der Waals surface area contributed by atoms with E-state index in [0.717, 1.165) is 48.8 Å². The number of benzene rings is 1. The second-order valence-corrected chi connectivity index (χ2v) is 7.39. The highest BCUT2D eigenvalue weighted by Gasteiger charge is 2.21. The van der Waals surface area contributed by atoms with E-state index in [2.05, 4.69) is 64.7 Å². The van der Waals surface area contributed by atoms with Gasteiger partial charge in [0.1, 0.15) is 0 Å². The lowest BCUT2D eigenvalue weighted by molar-refractivity contribution is 0.0920. The minimum Gasteiger partial charge on any atom is -0.378 e. The number of rotatable bonds is 7. The van der Waals surface area contributed by atoms with Crippen molar-refractivity contribution in [3.05, 3.63) is 29.8 Å². The van der Waals surface area contributed by atoms with Crippen LogP contribution in [0.25, 0.3) is 5.69 Å². The lowest BCUT2D eigenvalue weighted by Crippen LogP contribution is -2.37. The van der Waals surface area contributed by atoms with Crippen molar-refractivity contribution in [2.75, 3.05) is 43.6 Å². The van der Waals surface area contributed by atoms with Gasteiger partial charge in [0.2, 0.25) is 5.95 Å². The second-order valence-electron chi connectivity index (χ2n) is 6.32. The number of hydrogen-bond acceptors (Lipinski definition) is 6. The lowest BCUT2D eigenvalue weighted by Gasteiger charge is -2.28. The predicted octanol–water partition coefficient (Wildman–Crippen LogP) is 2.93. The summed E-state index contributed by atoms with van der Waals surface area (Å²) in [6.07, 6.45) is 0.249. The van der Waals surface area contributed by atoms with Gasteiger partial charge in [0, 0.05) is 18.8 Å². The zero-order chi connectivity index (χ0) is 17.6. The van der Waals surface area contributed by atoms with Gasteiger partial charge in [-0.1, -0.05) is 23.9 Å². The van der Waals surface area contributed by atoms with Crippen LogP contribution in [0.3, 0.4) is 0 Å². The van der Waals surface area contributed by atoms with Crippen LogP contribution in [0.1, 0.15) is 19.4 Å². The average molecular weight is 362 g/mol. The minimum atomic E-state index is 0.249. The number of aryl methyl sites for hydroxylation is 1. The normalized spacial score (nSPS) is 15.1. The van der Waals surface area contributed by atoms with Crippen LogP contribution in [0.5, 0.6) is 0 Å². The van der Waals surface area contributed by atoms with Gasteiger partial charge in [-0.05, 0) is 38.5 Å². The first-order chi connectivity index (χ1) is 12.1. The summed E-state index contributed by atoms with van der Waals surface area (Å²) in [6.45, 7) is 10.0. The molecule has 2 aromatic rings. The molecule has 25 heavy (non-hydrogen) atoms. The fourth-order valence-corrected chi connectivity index (χ4v) is 3.51. The highest BCUT2D eigenvalue weighted by molar-refractivity contribution is 7.99. The van der Waals surface area contributed by atoms with Gasteiger partial charge in [-0.25, -0.2) is 0 Å². The van der Waals surface area contributed by atoms with Crippen molar-refractivity contribution >= 4 is 17.7 Å². The van der Waals surface area contributed by atoms with E-state index in [-0.39, 0.29) is 6.10 Å². The Hall–Kier alpha value is -1.57. The van der Waals surface area contributed by atoms with Gasteiger partial charge in [-0.3, -0.25) is 4.57 Å². The summed E-state index contributed by atoms with van der Waals surface area (Å²) in [5, 5.41) is 9.84. The first-order valence-electron chi connectivity index (χ1n) is 8.74. The Kier molecular flexibility index (Phi) is 6.34. The number of thioether (sulfide) groups is 1. The molecule has 0 unspecified atom stereocenters. The zero-order valence-corrected chi connectivity index (χ0v) is 16.0. The van der Waals surface area contributed by atoms with Crippen LogP contribution in [0.4, 0.5) is 5.95 Å². The summed E-state index contributed by atoms with van der Waals surface area (Å²) < 4.78 is 13.3. The molecule has 1 aliphatic heterocycles. The maximum absolute atomic E-state index is 5.65. The molecule has 1 aromatic heterocycles. The summed E-state index contributed by atoms with van der Waals surface area (Å²) in [5.41, 5.74) is 2.32. The average Bonchev–Trinajstić information content (AvgIpc) is 3.03. The van der Waals surface area contributed by atoms with E-state index in [1.807, 2.05) is 0 Å². The number of anilines is 1. The first kappa shape index (κ1) is 18.2. The molecule has 136 valence electrons. The van der Waals surface area contributed by atoms with Gasteiger partial charge in [0.05, 0.1) is 31.6 Å². The quantitative estimate of drug-likeness (QED) is 0.558. The SMILES string of the molecule is Cc1cccc(-n2c(SCCOC(C)C)nnc2N2CCOCC2)c1. The van der Waals surface area contributed by atoms with Crippen molar-refractivity contribution in [1.29, 1.82) is 0 Å².